The maximum Gasteiger partial charge on any atom is 0.270 e. The van der Waals surface area contributed by atoms with Gasteiger partial charge in [0.25, 0.3) is 11.7 Å². The number of nitrogens with zero attached hydrogens (tertiary/aromatic N) is 5. The summed E-state index contributed by atoms with van der Waals surface area (Å²) in [4.78, 5) is 23.5. The third-order valence-electron chi connectivity index (χ3n) is 5.36. The molecule has 1 atom stereocenters. The van der Waals surface area contributed by atoms with E-state index >= 15 is 0 Å². The average Bonchev–Trinajstić information content (AvgIpc) is 3.37. The first-order chi connectivity index (χ1) is 13.6. The first kappa shape index (κ1) is 18.6. The number of rotatable bonds is 6. The molecule has 1 aliphatic rings. The lowest BCUT2D eigenvalue weighted by molar-refractivity contribution is 0.0944. The minimum atomic E-state index is -0.161. The Morgan fingerprint density at radius 3 is 2.89 bits per heavy atom. The van der Waals surface area contributed by atoms with Crippen LogP contribution >= 0.6 is 0 Å². The van der Waals surface area contributed by atoms with Gasteiger partial charge in [0.15, 0.2) is 0 Å². The molecule has 1 amide bonds. The molecule has 3 heterocycles. The van der Waals surface area contributed by atoms with Crippen molar-refractivity contribution in [3.8, 4) is 0 Å². The van der Waals surface area contributed by atoms with E-state index in [-0.39, 0.29) is 11.8 Å². The van der Waals surface area contributed by atoms with E-state index in [1.54, 1.807) is 4.52 Å². The van der Waals surface area contributed by atoms with Gasteiger partial charge in [0.05, 0.1) is 5.69 Å². The van der Waals surface area contributed by atoms with Gasteiger partial charge in [-0.1, -0.05) is 44.2 Å². The van der Waals surface area contributed by atoms with Crippen LogP contribution in [0.4, 0.5) is 0 Å². The number of hydrogen-bond acceptors (Lipinski definition) is 5. The fourth-order valence-electron chi connectivity index (χ4n) is 3.81. The second kappa shape index (κ2) is 8.06. The van der Waals surface area contributed by atoms with Crippen LogP contribution in [0.3, 0.4) is 0 Å². The second-order valence-electron chi connectivity index (χ2n) is 7.65. The smallest absolute Gasteiger partial charge is 0.270 e. The van der Waals surface area contributed by atoms with E-state index in [0.717, 1.165) is 25.3 Å². The standard InChI is InChI=1S/C21H26N6O/c1-15(2)19-12-18(25-21-23-14-24-27(19)21)20(28)22-9-11-26-10-8-17(13-26)16-6-4-3-5-7-16/h3-7,12,14-15,17H,8-11,13H2,1-2H3,(H,22,28). The maximum absolute atomic E-state index is 12.6. The molecule has 2 aromatic heterocycles. The van der Waals surface area contributed by atoms with E-state index in [0.29, 0.717) is 23.9 Å². The van der Waals surface area contributed by atoms with Crippen LogP contribution in [-0.4, -0.2) is 56.6 Å². The Bertz CT molecular complexity index is 952. The molecule has 146 valence electrons. The molecule has 1 unspecified atom stereocenters. The summed E-state index contributed by atoms with van der Waals surface area (Å²) in [6.45, 7) is 7.69. The summed E-state index contributed by atoms with van der Waals surface area (Å²) in [6.07, 6.45) is 2.63. The van der Waals surface area contributed by atoms with Gasteiger partial charge in [0, 0.05) is 19.6 Å². The van der Waals surface area contributed by atoms with Gasteiger partial charge in [-0.3, -0.25) is 4.79 Å². The van der Waals surface area contributed by atoms with E-state index in [9.17, 15) is 4.79 Å². The molecule has 3 aromatic rings. The zero-order valence-electron chi connectivity index (χ0n) is 16.4. The normalized spacial score (nSPS) is 17.5. The van der Waals surface area contributed by atoms with Gasteiger partial charge in [-0.05, 0) is 36.4 Å². The summed E-state index contributed by atoms with van der Waals surface area (Å²) < 4.78 is 1.69. The van der Waals surface area contributed by atoms with Crippen molar-refractivity contribution < 1.29 is 4.79 Å². The number of nitrogens with one attached hydrogen (secondary N) is 1. The number of hydrogen-bond donors (Lipinski definition) is 1. The first-order valence-electron chi connectivity index (χ1n) is 9.88. The summed E-state index contributed by atoms with van der Waals surface area (Å²) in [5.41, 5.74) is 2.73. The summed E-state index contributed by atoms with van der Waals surface area (Å²) >= 11 is 0. The lowest BCUT2D eigenvalue weighted by atomic mass is 9.99. The van der Waals surface area contributed by atoms with Crippen LogP contribution in [0, 0.1) is 0 Å². The maximum atomic E-state index is 12.6. The summed E-state index contributed by atoms with van der Waals surface area (Å²) in [5.74, 6) is 1.11. The second-order valence-corrected chi connectivity index (χ2v) is 7.65. The Hall–Kier alpha value is -2.80. The van der Waals surface area contributed by atoms with Crippen molar-refractivity contribution >= 4 is 11.7 Å². The van der Waals surface area contributed by atoms with Gasteiger partial charge in [-0.2, -0.15) is 10.1 Å². The van der Waals surface area contributed by atoms with Crippen molar-refractivity contribution in [3.05, 3.63) is 59.7 Å². The minimum absolute atomic E-state index is 0.161. The van der Waals surface area contributed by atoms with Gasteiger partial charge < -0.3 is 10.2 Å². The molecule has 0 bridgehead atoms. The molecule has 0 spiro atoms. The molecule has 4 rings (SSSR count). The zero-order valence-corrected chi connectivity index (χ0v) is 16.4. The number of aromatic nitrogens is 4. The van der Waals surface area contributed by atoms with Gasteiger partial charge in [-0.15, -0.1) is 0 Å². The van der Waals surface area contributed by atoms with Crippen LogP contribution in [0.2, 0.25) is 0 Å². The Kier molecular flexibility index (Phi) is 5.34. The summed E-state index contributed by atoms with van der Waals surface area (Å²) in [7, 11) is 0. The van der Waals surface area contributed by atoms with Crippen molar-refractivity contribution in [3.63, 3.8) is 0 Å². The highest BCUT2D eigenvalue weighted by Gasteiger charge is 2.23. The number of carbonyl (C=O) groups excluding carboxylic acids is 1. The van der Waals surface area contributed by atoms with Crippen LogP contribution in [0.5, 0.6) is 0 Å². The van der Waals surface area contributed by atoms with E-state index in [2.05, 4.69) is 69.5 Å². The number of likely N-dealkylation sites (tertiary alicyclic amines) is 1. The van der Waals surface area contributed by atoms with E-state index in [1.807, 2.05) is 6.07 Å². The minimum Gasteiger partial charge on any atom is -0.349 e. The van der Waals surface area contributed by atoms with Gasteiger partial charge in [-0.25, -0.2) is 9.50 Å². The predicted molar refractivity (Wildman–Crippen MR) is 107 cm³/mol. The fraction of sp³-hybridized carbons (Fsp3) is 0.429. The fourth-order valence-corrected chi connectivity index (χ4v) is 3.81. The molecule has 0 aliphatic carbocycles. The Morgan fingerprint density at radius 1 is 1.29 bits per heavy atom. The summed E-state index contributed by atoms with van der Waals surface area (Å²) in [6, 6.07) is 12.5. The van der Waals surface area contributed by atoms with Crippen LogP contribution < -0.4 is 5.32 Å². The van der Waals surface area contributed by atoms with Crippen molar-refractivity contribution in [1.29, 1.82) is 0 Å². The third-order valence-corrected chi connectivity index (χ3v) is 5.36. The monoisotopic (exact) mass is 378 g/mol. The van der Waals surface area contributed by atoms with Gasteiger partial charge in [0.2, 0.25) is 0 Å². The van der Waals surface area contributed by atoms with E-state index < -0.39 is 0 Å². The number of fused-ring (bicyclic) bond motifs is 1. The van der Waals surface area contributed by atoms with Gasteiger partial charge in [0.1, 0.15) is 12.0 Å². The first-order valence-corrected chi connectivity index (χ1v) is 9.88. The molecule has 28 heavy (non-hydrogen) atoms. The number of carbonyl (C=O) groups is 1. The lowest BCUT2D eigenvalue weighted by Crippen LogP contribution is -2.34. The quantitative estimate of drug-likeness (QED) is 0.713. The van der Waals surface area contributed by atoms with Crippen molar-refractivity contribution in [2.24, 2.45) is 0 Å². The predicted octanol–water partition coefficient (Wildman–Crippen LogP) is 2.47. The SMILES string of the molecule is CC(C)c1cc(C(=O)NCCN2CCC(c3ccccc3)C2)nc2ncnn12. The van der Waals surface area contributed by atoms with Crippen LogP contribution in [0.1, 0.15) is 53.8 Å². The average molecular weight is 378 g/mol. The largest absolute Gasteiger partial charge is 0.349 e. The molecule has 1 aliphatic heterocycles. The van der Waals surface area contributed by atoms with E-state index in [1.165, 1.54) is 18.3 Å². The van der Waals surface area contributed by atoms with Crippen LogP contribution in [-0.2, 0) is 0 Å². The molecule has 1 fully saturated rings. The highest BCUT2D eigenvalue weighted by molar-refractivity contribution is 5.92. The molecule has 1 aromatic carbocycles. The van der Waals surface area contributed by atoms with Crippen molar-refractivity contribution in [2.45, 2.75) is 32.1 Å². The molecular weight excluding hydrogens is 352 g/mol. The zero-order chi connectivity index (χ0) is 19.5. The Morgan fingerprint density at radius 2 is 2.11 bits per heavy atom. The molecule has 1 N–H and O–H groups in total. The molecule has 0 saturated carbocycles. The number of benzene rings is 1. The number of amides is 1. The van der Waals surface area contributed by atoms with Crippen LogP contribution in [0.25, 0.3) is 5.78 Å². The topological polar surface area (TPSA) is 75.4 Å². The molecule has 7 heteroatoms. The Balaban J connectivity index is 1.33. The van der Waals surface area contributed by atoms with E-state index in [4.69, 9.17) is 0 Å². The lowest BCUT2D eigenvalue weighted by Gasteiger charge is -2.16. The van der Waals surface area contributed by atoms with Crippen molar-refractivity contribution in [2.75, 3.05) is 26.2 Å². The highest BCUT2D eigenvalue weighted by Crippen LogP contribution is 2.26. The molecule has 0 radical (unpaired) electrons. The van der Waals surface area contributed by atoms with Crippen molar-refractivity contribution in [1.82, 2.24) is 29.8 Å². The van der Waals surface area contributed by atoms with Gasteiger partial charge >= 0.3 is 0 Å². The molecular formula is C21H26N6O. The summed E-state index contributed by atoms with van der Waals surface area (Å²) in [5, 5.41) is 7.19. The highest BCUT2D eigenvalue weighted by atomic mass is 16.1. The molecule has 1 saturated heterocycles. The molecule has 7 nitrogen and oxygen atoms in total. The third kappa shape index (κ3) is 3.89. The Labute approximate surface area is 164 Å². The van der Waals surface area contributed by atoms with Crippen LogP contribution in [0.15, 0.2) is 42.7 Å².